The number of methoxy groups -OCH3 is 1. The van der Waals surface area contributed by atoms with Crippen LogP contribution in [0.3, 0.4) is 0 Å². The van der Waals surface area contributed by atoms with Gasteiger partial charge in [-0.3, -0.25) is 4.79 Å². The molecule has 0 aliphatic heterocycles. The minimum Gasteiger partial charge on any atom is -0.493 e. The van der Waals surface area contributed by atoms with Crippen LogP contribution >= 0.6 is 0 Å². The van der Waals surface area contributed by atoms with Crippen molar-refractivity contribution < 1.29 is 18.7 Å². The highest BCUT2D eigenvalue weighted by Crippen LogP contribution is 2.29. The zero-order valence-electron chi connectivity index (χ0n) is 14.0. The van der Waals surface area contributed by atoms with Gasteiger partial charge in [0.25, 0.3) is 5.91 Å². The number of halogens is 1. The Morgan fingerprint density at radius 2 is 2.00 bits per heavy atom. The van der Waals surface area contributed by atoms with Gasteiger partial charge < -0.3 is 14.8 Å². The third-order valence-corrected chi connectivity index (χ3v) is 3.28. The van der Waals surface area contributed by atoms with Gasteiger partial charge in [0.05, 0.1) is 7.11 Å². The highest BCUT2D eigenvalue weighted by atomic mass is 19.1. The number of terminal acetylenes is 1. The molecule has 0 bridgehead atoms. The molecule has 2 aromatic carbocycles. The van der Waals surface area contributed by atoms with E-state index in [1.807, 2.05) is 6.07 Å². The first-order valence-electron chi connectivity index (χ1n) is 7.50. The zero-order chi connectivity index (χ0) is 18.9. The number of nitriles is 1. The summed E-state index contributed by atoms with van der Waals surface area (Å²) in [5.41, 5.74) is 0.836. The number of amides is 1. The summed E-state index contributed by atoms with van der Waals surface area (Å²) in [6, 6.07) is 12.0. The standard InChI is InChI=1S/C20H15FN2O3/c1-3-10-26-18-9-4-14(12-19(18)25-2)11-15(13-22)20(24)23-17-7-5-16(21)6-8-17/h1,4-9,11-12H,10H2,2H3,(H,23,24)/b15-11+. The first kappa shape index (κ1) is 18.6. The van der Waals surface area contributed by atoms with Gasteiger partial charge in [-0.25, -0.2) is 4.39 Å². The fraction of sp³-hybridized carbons (Fsp3) is 0.100. The van der Waals surface area contributed by atoms with Crippen LogP contribution in [0, 0.1) is 29.5 Å². The Kier molecular flexibility index (Phi) is 6.36. The Morgan fingerprint density at radius 3 is 2.62 bits per heavy atom. The van der Waals surface area contributed by atoms with E-state index in [0.29, 0.717) is 22.7 Å². The van der Waals surface area contributed by atoms with Crippen molar-refractivity contribution in [1.82, 2.24) is 0 Å². The van der Waals surface area contributed by atoms with E-state index in [1.165, 1.54) is 37.5 Å². The number of hydrogen-bond acceptors (Lipinski definition) is 4. The number of anilines is 1. The molecule has 0 atom stereocenters. The molecular formula is C20H15FN2O3. The lowest BCUT2D eigenvalue weighted by Crippen LogP contribution is -2.13. The average Bonchev–Trinajstić information content (AvgIpc) is 2.66. The zero-order valence-corrected chi connectivity index (χ0v) is 14.0. The SMILES string of the molecule is C#CCOc1ccc(/C=C(\C#N)C(=O)Nc2ccc(F)cc2)cc1OC. The molecule has 2 rings (SSSR count). The second-order valence-corrected chi connectivity index (χ2v) is 5.03. The third-order valence-electron chi connectivity index (χ3n) is 3.28. The molecule has 1 N–H and O–H groups in total. The first-order chi connectivity index (χ1) is 12.6. The van der Waals surface area contributed by atoms with E-state index in [4.69, 9.17) is 15.9 Å². The van der Waals surface area contributed by atoms with Crippen molar-refractivity contribution in [3.63, 3.8) is 0 Å². The summed E-state index contributed by atoms with van der Waals surface area (Å²) < 4.78 is 23.5. The molecule has 1 amide bonds. The molecule has 0 saturated heterocycles. The molecule has 0 saturated carbocycles. The van der Waals surface area contributed by atoms with Crippen molar-refractivity contribution in [3.05, 3.63) is 59.4 Å². The fourth-order valence-corrected chi connectivity index (χ4v) is 2.06. The number of carbonyl (C=O) groups is 1. The van der Waals surface area contributed by atoms with E-state index in [1.54, 1.807) is 18.2 Å². The molecule has 0 radical (unpaired) electrons. The van der Waals surface area contributed by atoms with E-state index in [0.717, 1.165) is 0 Å². The van der Waals surface area contributed by atoms with Gasteiger partial charge in [-0.1, -0.05) is 12.0 Å². The van der Waals surface area contributed by atoms with Crippen LogP contribution < -0.4 is 14.8 Å². The van der Waals surface area contributed by atoms with E-state index in [2.05, 4.69) is 11.2 Å². The molecule has 5 nitrogen and oxygen atoms in total. The van der Waals surface area contributed by atoms with E-state index >= 15 is 0 Å². The molecule has 0 heterocycles. The van der Waals surface area contributed by atoms with Gasteiger partial charge in [-0.2, -0.15) is 5.26 Å². The van der Waals surface area contributed by atoms with Gasteiger partial charge in [0, 0.05) is 5.69 Å². The lowest BCUT2D eigenvalue weighted by atomic mass is 10.1. The van der Waals surface area contributed by atoms with Crippen molar-refractivity contribution in [2.24, 2.45) is 0 Å². The Bertz CT molecular complexity index is 906. The van der Waals surface area contributed by atoms with E-state index in [9.17, 15) is 14.4 Å². The predicted molar refractivity (Wildman–Crippen MR) is 95.9 cm³/mol. The van der Waals surface area contributed by atoms with Crippen molar-refractivity contribution in [1.29, 1.82) is 5.26 Å². The summed E-state index contributed by atoms with van der Waals surface area (Å²) in [6.07, 6.45) is 6.57. The molecule has 0 aliphatic carbocycles. The molecule has 0 fully saturated rings. The van der Waals surface area contributed by atoms with Gasteiger partial charge in [-0.15, -0.1) is 6.42 Å². The molecule has 0 aromatic heterocycles. The Labute approximate surface area is 150 Å². The van der Waals surface area contributed by atoms with E-state index in [-0.39, 0.29) is 12.2 Å². The monoisotopic (exact) mass is 350 g/mol. The van der Waals surface area contributed by atoms with Crippen LogP contribution in [0.15, 0.2) is 48.0 Å². The molecule has 130 valence electrons. The topological polar surface area (TPSA) is 71.3 Å². The normalized spacial score (nSPS) is 10.4. The van der Waals surface area contributed by atoms with Crippen molar-refractivity contribution in [2.75, 3.05) is 19.0 Å². The summed E-state index contributed by atoms with van der Waals surface area (Å²) in [5.74, 6) is 2.21. The van der Waals surface area contributed by atoms with Crippen LogP contribution in [0.5, 0.6) is 11.5 Å². The van der Waals surface area contributed by atoms with Crippen molar-refractivity contribution in [2.45, 2.75) is 0 Å². The van der Waals surface area contributed by atoms with Crippen LogP contribution in [-0.2, 0) is 4.79 Å². The fourth-order valence-electron chi connectivity index (χ4n) is 2.06. The van der Waals surface area contributed by atoms with Crippen molar-refractivity contribution in [3.8, 4) is 29.9 Å². The molecule has 6 heteroatoms. The molecule has 0 unspecified atom stereocenters. The summed E-state index contributed by atoms with van der Waals surface area (Å²) >= 11 is 0. The summed E-state index contributed by atoms with van der Waals surface area (Å²) in [6.45, 7) is 0.0923. The summed E-state index contributed by atoms with van der Waals surface area (Å²) in [5, 5.41) is 11.8. The first-order valence-corrected chi connectivity index (χ1v) is 7.50. The van der Waals surface area contributed by atoms with Gasteiger partial charge >= 0.3 is 0 Å². The van der Waals surface area contributed by atoms with Gasteiger partial charge in [0.1, 0.15) is 24.1 Å². The Hall–Kier alpha value is -3.77. The van der Waals surface area contributed by atoms with E-state index < -0.39 is 11.7 Å². The van der Waals surface area contributed by atoms with Crippen LogP contribution in [0.4, 0.5) is 10.1 Å². The summed E-state index contributed by atoms with van der Waals surface area (Å²) in [4.78, 5) is 12.2. The van der Waals surface area contributed by atoms with Crippen LogP contribution in [0.2, 0.25) is 0 Å². The summed E-state index contributed by atoms with van der Waals surface area (Å²) in [7, 11) is 1.47. The predicted octanol–water partition coefficient (Wildman–Crippen LogP) is 3.39. The van der Waals surface area contributed by atoms with Gasteiger partial charge in [-0.05, 0) is 48.0 Å². The number of benzene rings is 2. The third kappa shape index (κ3) is 4.86. The maximum absolute atomic E-state index is 12.9. The number of hydrogen-bond donors (Lipinski definition) is 1. The molecular weight excluding hydrogens is 335 g/mol. The lowest BCUT2D eigenvalue weighted by molar-refractivity contribution is -0.112. The van der Waals surface area contributed by atoms with Crippen LogP contribution in [0.1, 0.15) is 5.56 Å². The number of rotatable bonds is 6. The maximum Gasteiger partial charge on any atom is 0.266 e. The second kappa shape index (κ2) is 8.91. The molecule has 26 heavy (non-hydrogen) atoms. The van der Waals surface area contributed by atoms with Gasteiger partial charge in [0.15, 0.2) is 11.5 Å². The molecule has 0 spiro atoms. The Balaban J connectivity index is 2.22. The number of carbonyl (C=O) groups excluding carboxylic acids is 1. The lowest BCUT2D eigenvalue weighted by Gasteiger charge is -2.09. The van der Waals surface area contributed by atoms with Gasteiger partial charge in [0.2, 0.25) is 0 Å². The largest absolute Gasteiger partial charge is 0.493 e. The number of nitrogens with zero attached hydrogens (tertiary/aromatic N) is 1. The average molecular weight is 350 g/mol. The highest BCUT2D eigenvalue weighted by Gasteiger charge is 2.11. The van der Waals surface area contributed by atoms with Crippen molar-refractivity contribution >= 4 is 17.7 Å². The molecule has 2 aromatic rings. The van der Waals surface area contributed by atoms with Crippen LogP contribution in [-0.4, -0.2) is 19.6 Å². The second-order valence-electron chi connectivity index (χ2n) is 5.03. The Morgan fingerprint density at radius 1 is 1.27 bits per heavy atom. The quantitative estimate of drug-likeness (QED) is 0.492. The number of nitrogens with one attached hydrogen (secondary N) is 1. The number of ether oxygens (including phenoxy) is 2. The smallest absolute Gasteiger partial charge is 0.266 e. The maximum atomic E-state index is 12.9. The minimum atomic E-state index is -0.606. The molecule has 0 aliphatic rings. The van der Waals surface area contributed by atoms with Crippen LogP contribution in [0.25, 0.3) is 6.08 Å². The highest BCUT2D eigenvalue weighted by molar-refractivity contribution is 6.09. The minimum absolute atomic E-state index is 0.0923.